The Hall–Kier alpha value is -3.03. The Morgan fingerprint density at radius 1 is 1.00 bits per heavy atom. The highest BCUT2D eigenvalue weighted by atomic mass is 16.2. The lowest BCUT2D eigenvalue weighted by molar-refractivity contribution is -0.136. The van der Waals surface area contributed by atoms with Crippen molar-refractivity contribution in [1.29, 1.82) is 0 Å². The van der Waals surface area contributed by atoms with Crippen LogP contribution in [0.15, 0.2) is 47.8 Å². The number of amides is 2. The molecule has 0 bridgehead atoms. The van der Waals surface area contributed by atoms with Crippen molar-refractivity contribution in [3.63, 3.8) is 0 Å². The third-order valence-corrected chi connectivity index (χ3v) is 5.61. The molecule has 0 N–H and O–H groups in total. The van der Waals surface area contributed by atoms with E-state index in [2.05, 4.69) is 15.4 Å². The monoisotopic (exact) mass is 394 g/mol. The smallest absolute Gasteiger partial charge is 0.243 e. The summed E-state index contributed by atoms with van der Waals surface area (Å²) in [6.45, 7) is 2.01. The number of likely N-dealkylation sites (tertiary alicyclic amines) is 1. The molecule has 0 saturated carbocycles. The van der Waals surface area contributed by atoms with Crippen LogP contribution in [0.5, 0.6) is 0 Å². The first-order valence-corrected chi connectivity index (χ1v) is 10.3. The summed E-state index contributed by atoms with van der Waals surface area (Å²) in [6, 6.07) is 10.2. The molecule has 1 aromatic heterocycles. The Morgan fingerprint density at radius 3 is 2.62 bits per heavy atom. The van der Waals surface area contributed by atoms with Crippen LogP contribution in [-0.2, 0) is 9.59 Å². The van der Waals surface area contributed by atoms with Crippen LogP contribution in [0.4, 0.5) is 0 Å². The average Bonchev–Trinajstić information content (AvgIpc) is 3.41. The van der Waals surface area contributed by atoms with Crippen LogP contribution in [0.1, 0.15) is 50.1 Å². The Bertz CT molecular complexity index is 865. The van der Waals surface area contributed by atoms with Crippen molar-refractivity contribution in [2.75, 3.05) is 19.6 Å². The van der Waals surface area contributed by atoms with Gasteiger partial charge in [0, 0.05) is 38.5 Å². The second-order valence-electron chi connectivity index (χ2n) is 7.53. The minimum atomic E-state index is -0.0837. The molecule has 8 nitrogen and oxygen atoms in total. The molecule has 1 saturated heterocycles. The first-order chi connectivity index (χ1) is 14.2. The van der Waals surface area contributed by atoms with Crippen molar-refractivity contribution < 1.29 is 9.59 Å². The number of carbonyl (C=O) groups is 2. The van der Waals surface area contributed by atoms with Crippen LogP contribution in [0.2, 0.25) is 0 Å². The zero-order valence-electron chi connectivity index (χ0n) is 16.5. The summed E-state index contributed by atoms with van der Waals surface area (Å²) < 4.78 is 1.88. The predicted molar refractivity (Wildman–Crippen MR) is 108 cm³/mol. The molecular weight excluding hydrogens is 368 g/mol. The van der Waals surface area contributed by atoms with Crippen LogP contribution in [0, 0.1) is 0 Å². The Morgan fingerprint density at radius 2 is 1.83 bits per heavy atom. The van der Waals surface area contributed by atoms with Gasteiger partial charge in [-0.2, -0.15) is 5.10 Å². The van der Waals surface area contributed by atoms with Gasteiger partial charge in [0.25, 0.3) is 0 Å². The van der Waals surface area contributed by atoms with Gasteiger partial charge in [0.15, 0.2) is 0 Å². The maximum Gasteiger partial charge on any atom is 0.243 e. The molecule has 2 aromatic rings. The Labute approximate surface area is 170 Å². The van der Waals surface area contributed by atoms with Gasteiger partial charge in [-0.1, -0.05) is 35.5 Å². The maximum absolute atomic E-state index is 12.6. The first-order valence-electron chi connectivity index (χ1n) is 10.3. The average molecular weight is 394 g/mol. The van der Waals surface area contributed by atoms with Crippen molar-refractivity contribution >= 4 is 17.5 Å². The number of hydrazone groups is 1. The third kappa shape index (κ3) is 4.70. The zero-order chi connectivity index (χ0) is 20.1. The van der Waals surface area contributed by atoms with E-state index in [1.807, 2.05) is 46.1 Å². The molecule has 0 radical (unpaired) electrons. The minimum absolute atomic E-state index is 0.0454. The summed E-state index contributed by atoms with van der Waals surface area (Å²) in [5, 5.41) is 13.9. The summed E-state index contributed by atoms with van der Waals surface area (Å²) in [4.78, 5) is 27.0. The zero-order valence-corrected chi connectivity index (χ0v) is 16.5. The summed E-state index contributed by atoms with van der Waals surface area (Å²) >= 11 is 0. The molecule has 4 rings (SSSR count). The van der Waals surface area contributed by atoms with E-state index in [-0.39, 0.29) is 30.7 Å². The Balaban J connectivity index is 1.26. The topological polar surface area (TPSA) is 83.7 Å². The van der Waals surface area contributed by atoms with Crippen LogP contribution in [-0.4, -0.2) is 62.1 Å². The highest BCUT2D eigenvalue weighted by Crippen LogP contribution is 2.22. The van der Waals surface area contributed by atoms with Gasteiger partial charge in [0.05, 0.1) is 24.5 Å². The highest BCUT2D eigenvalue weighted by Gasteiger charge is 2.25. The predicted octanol–water partition coefficient (Wildman–Crippen LogP) is 2.25. The number of carbonyl (C=O) groups excluding carboxylic acids is 2. The van der Waals surface area contributed by atoms with Gasteiger partial charge >= 0.3 is 0 Å². The van der Waals surface area contributed by atoms with E-state index in [0.29, 0.717) is 13.1 Å². The van der Waals surface area contributed by atoms with Gasteiger partial charge in [0.1, 0.15) is 0 Å². The van der Waals surface area contributed by atoms with Gasteiger partial charge in [-0.15, -0.1) is 5.10 Å². The number of hydrogen-bond donors (Lipinski definition) is 0. The van der Waals surface area contributed by atoms with E-state index in [1.54, 1.807) is 6.20 Å². The fourth-order valence-electron chi connectivity index (χ4n) is 3.98. The number of rotatable bonds is 5. The van der Waals surface area contributed by atoms with Crippen molar-refractivity contribution in [2.24, 2.45) is 5.10 Å². The lowest BCUT2D eigenvalue weighted by Crippen LogP contribution is -2.33. The largest absolute Gasteiger partial charge is 0.343 e. The number of aromatic nitrogens is 3. The van der Waals surface area contributed by atoms with Crippen LogP contribution in [0.3, 0.4) is 0 Å². The molecule has 2 aliphatic rings. The molecule has 2 aliphatic heterocycles. The van der Waals surface area contributed by atoms with Gasteiger partial charge in [-0.05, 0) is 24.8 Å². The molecule has 3 heterocycles. The van der Waals surface area contributed by atoms with E-state index in [9.17, 15) is 9.59 Å². The number of hydrogen-bond acceptors (Lipinski definition) is 5. The van der Waals surface area contributed by atoms with E-state index in [4.69, 9.17) is 0 Å². The maximum atomic E-state index is 12.6. The van der Waals surface area contributed by atoms with Crippen LogP contribution < -0.4 is 0 Å². The molecule has 0 aliphatic carbocycles. The second-order valence-corrected chi connectivity index (χ2v) is 7.53. The molecule has 1 fully saturated rings. The highest BCUT2D eigenvalue weighted by molar-refractivity contribution is 6.02. The molecule has 29 heavy (non-hydrogen) atoms. The molecule has 1 atom stereocenters. The fourth-order valence-corrected chi connectivity index (χ4v) is 3.98. The van der Waals surface area contributed by atoms with Gasteiger partial charge in [-0.25, -0.2) is 9.69 Å². The van der Waals surface area contributed by atoms with Crippen molar-refractivity contribution in [2.45, 2.75) is 44.6 Å². The van der Waals surface area contributed by atoms with Crippen molar-refractivity contribution in [3.05, 3.63) is 48.3 Å². The number of benzene rings is 1. The van der Waals surface area contributed by atoms with E-state index < -0.39 is 0 Å². The molecule has 1 aromatic carbocycles. The van der Waals surface area contributed by atoms with Crippen molar-refractivity contribution in [3.8, 4) is 0 Å². The normalized spacial score (nSPS) is 19.7. The first kappa shape index (κ1) is 19.3. The molecule has 8 heteroatoms. The molecular formula is C21H26N6O2. The molecule has 152 valence electrons. The molecule has 0 spiro atoms. The van der Waals surface area contributed by atoms with Gasteiger partial charge in [-0.3, -0.25) is 9.59 Å². The molecule has 2 amide bonds. The summed E-state index contributed by atoms with van der Waals surface area (Å²) in [6.07, 6.45) is 7.52. The van der Waals surface area contributed by atoms with E-state index in [1.165, 1.54) is 5.01 Å². The fraction of sp³-hybridized carbons (Fsp3) is 0.476. The van der Waals surface area contributed by atoms with E-state index in [0.717, 1.165) is 43.5 Å². The van der Waals surface area contributed by atoms with E-state index >= 15 is 0 Å². The van der Waals surface area contributed by atoms with Crippen LogP contribution in [0.25, 0.3) is 0 Å². The lowest BCUT2D eigenvalue weighted by atomic mass is 10.1. The lowest BCUT2D eigenvalue weighted by Gasteiger charge is -2.21. The standard InChI is InChI=1S/C21H26N6O2/c28-20(25-13-4-7-18(10-14-25)26-16-12-22-24-26)8-9-21(29)27-15-11-19(23-27)17-5-2-1-3-6-17/h1-3,5-6,12,16,18H,4,7-11,13-15H2. The third-order valence-electron chi connectivity index (χ3n) is 5.61. The Kier molecular flexibility index (Phi) is 5.97. The minimum Gasteiger partial charge on any atom is -0.343 e. The van der Waals surface area contributed by atoms with Gasteiger partial charge in [0.2, 0.25) is 11.8 Å². The summed E-state index contributed by atoms with van der Waals surface area (Å²) in [7, 11) is 0. The van der Waals surface area contributed by atoms with Gasteiger partial charge < -0.3 is 4.90 Å². The number of nitrogens with zero attached hydrogens (tertiary/aromatic N) is 6. The van der Waals surface area contributed by atoms with Crippen molar-refractivity contribution in [1.82, 2.24) is 24.9 Å². The molecule has 1 unspecified atom stereocenters. The van der Waals surface area contributed by atoms with Crippen LogP contribution >= 0.6 is 0 Å². The quantitative estimate of drug-likeness (QED) is 0.779. The SMILES string of the molecule is O=C(CCC(=O)N1CCC(c2ccccc2)=N1)N1CCCC(n2ccnn2)CC1. The summed E-state index contributed by atoms with van der Waals surface area (Å²) in [5.41, 5.74) is 1.97. The second kappa shape index (κ2) is 8.98. The summed E-state index contributed by atoms with van der Waals surface area (Å²) in [5.74, 6) is -0.0383.